The van der Waals surface area contributed by atoms with Gasteiger partial charge < -0.3 is 13.8 Å². The lowest BCUT2D eigenvalue weighted by atomic mass is 10.1. The Morgan fingerprint density at radius 1 is 1.23 bits per heavy atom. The molecule has 10 nitrogen and oxygen atoms in total. The molecule has 0 aliphatic rings. The molecule has 5 heterocycles. The van der Waals surface area contributed by atoms with Crippen molar-refractivity contribution < 1.29 is 18.0 Å². The number of pyridine rings is 1. The number of methoxy groups -OCH3 is 1. The van der Waals surface area contributed by atoms with Crippen molar-refractivity contribution in [2.45, 2.75) is 19.9 Å². The van der Waals surface area contributed by atoms with Gasteiger partial charge in [0, 0.05) is 23.5 Å². The Balaban J connectivity index is 1.62. The summed E-state index contributed by atoms with van der Waals surface area (Å²) in [5, 5.41) is 7.49. The van der Waals surface area contributed by atoms with Crippen LogP contribution in [-0.2, 0) is 6.54 Å². The number of nitrogens with zero attached hydrogens (tertiary/aromatic N) is 8. The van der Waals surface area contributed by atoms with Crippen LogP contribution in [0.25, 0.3) is 27.8 Å². The molecule has 0 saturated carbocycles. The molecule has 0 aliphatic heterocycles. The monoisotopic (exact) mass is 412 g/mol. The van der Waals surface area contributed by atoms with Crippen molar-refractivity contribution in [1.29, 1.82) is 0 Å². The Bertz CT molecular complexity index is 1370. The van der Waals surface area contributed by atoms with Crippen molar-refractivity contribution >= 4 is 16.7 Å². The molecule has 0 bridgehead atoms. The number of imidazole rings is 1. The van der Waals surface area contributed by atoms with E-state index in [0.717, 1.165) is 11.1 Å². The molecule has 12 heteroatoms. The molecule has 5 rings (SSSR count). The third-order valence-corrected chi connectivity index (χ3v) is 4.69. The van der Waals surface area contributed by atoms with Gasteiger partial charge in [-0.3, -0.25) is 0 Å². The zero-order valence-electron chi connectivity index (χ0n) is 15.8. The van der Waals surface area contributed by atoms with Crippen LogP contribution in [0.2, 0.25) is 0 Å². The van der Waals surface area contributed by atoms with Crippen molar-refractivity contribution in [2.24, 2.45) is 0 Å². The first-order valence-electron chi connectivity index (χ1n) is 8.85. The lowest BCUT2D eigenvalue weighted by molar-refractivity contribution is 0.136. The highest BCUT2D eigenvalue weighted by molar-refractivity contribution is 5.87. The van der Waals surface area contributed by atoms with Crippen LogP contribution in [-0.4, -0.2) is 46.4 Å². The molecule has 0 saturated heterocycles. The van der Waals surface area contributed by atoms with Gasteiger partial charge in [-0.15, -0.1) is 0 Å². The van der Waals surface area contributed by atoms with Gasteiger partial charge in [-0.25, -0.2) is 23.3 Å². The van der Waals surface area contributed by atoms with Crippen LogP contribution in [0.15, 0.2) is 35.4 Å². The molecule has 0 aromatic carbocycles. The van der Waals surface area contributed by atoms with Crippen molar-refractivity contribution in [3.05, 3.63) is 48.4 Å². The number of aromatic nitrogens is 8. The van der Waals surface area contributed by atoms with Gasteiger partial charge in [0.05, 0.1) is 12.6 Å². The van der Waals surface area contributed by atoms with Gasteiger partial charge in [0.2, 0.25) is 17.6 Å². The first-order valence-corrected chi connectivity index (χ1v) is 8.85. The third-order valence-electron chi connectivity index (χ3n) is 4.69. The number of hydrogen-bond acceptors (Lipinski definition) is 8. The zero-order valence-corrected chi connectivity index (χ0v) is 15.8. The second kappa shape index (κ2) is 6.83. The molecular weight excluding hydrogens is 398 g/mol. The highest BCUT2D eigenvalue weighted by Gasteiger charge is 2.19. The molecule has 5 aromatic heterocycles. The van der Waals surface area contributed by atoms with E-state index in [1.54, 1.807) is 28.4 Å². The molecular formula is C18H14F2N8O2. The van der Waals surface area contributed by atoms with E-state index in [9.17, 15) is 8.78 Å². The first kappa shape index (κ1) is 18.1. The van der Waals surface area contributed by atoms with Crippen molar-refractivity contribution in [1.82, 2.24) is 39.3 Å². The average molecular weight is 412 g/mol. The number of fused-ring (bicyclic) bond motifs is 2. The summed E-state index contributed by atoms with van der Waals surface area (Å²) in [4.78, 5) is 16.8. The zero-order chi connectivity index (χ0) is 20.8. The van der Waals surface area contributed by atoms with E-state index in [2.05, 4.69) is 30.2 Å². The van der Waals surface area contributed by atoms with Crippen LogP contribution >= 0.6 is 0 Å². The van der Waals surface area contributed by atoms with E-state index in [0.29, 0.717) is 28.4 Å². The summed E-state index contributed by atoms with van der Waals surface area (Å²) < 4.78 is 39.3. The molecule has 0 fully saturated rings. The number of halogens is 2. The molecule has 0 unspecified atom stereocenters. The van der Waals surface area contributed by atoms with Crippen LogP contribution in [0.3, 0.4) is 0 Å². The fourth-order valence-corrected chi connectivity index (χ4v) is 3.33. The quantitative estimate of drug-likeness (QED) is 0.434. The smallest absolute Gasteiger partial charge is 0.300 e. The van der Waals surface area contributed by atoms with Crippen molar-refractivity contribution in [2.75, 3.05) is 7.11 Å². The van der Waals surface area contributed by atoms with E-state index in [1.807, 2.05) is 12.1 Å². The number of alkyl halides is 2. The summed E-state index contributed by atoms with van der Waals surface area (Å²) in [5.41, 5.74) is 3.51. The lowest BCUT2D eigenvalue weighted by Gasteiger charge is -2.06. The maximum atomic E-state index is 12.8. The molecule has 30 heavy (non-hydrogen) atoms. The molecule has 0 aliphatic carbocycles. The summed E-state index contributed by atoms with van der Waals surface area (Å²) in [6.45, 7) is 1.88. The lowest BCUT2D eigenvalue weighted by Crippen LogP contribution is -2.03. The average Bonchev–Trinajstić information content (AvgIpc) is 3.45. The van der Waals surface area contributed by atoms with Crippen molar-refractivity contribution in [3.63, 3.8) is 0 Å². The van der Waals surface area contributed by atoms with E-state index in [1.165, 1.54) is 13.4 Å². The fourth-order valence-electron chi connectivity index (χ4n) is 3.33. The van der Waals surface area contributed by atoms with Crippen molar-refractivity contribution in [3.8, 4) is 17.0 Å². The van der Waals surface area contributed by atoms with E-state index in [-0.39, 0.29) is 12.4 Å². The minimum atomic E-state index is -2.79. The molecule has 0 atom stereocenters. The van der Waals surface area contributed by atoms with Gasteiger partial charge in [-0.2, -0.15) is 15.1 Å². The standard InChI is InChI=1S/C18H14F2N8O2/c1-9-24-16-12(27(9)7-13-25-17(15(19)20)26-30-13)5-10(6-21-16)11-3-4-28-14(11)18(29-2)22-8-23-28/h3-6,8,15H,7H2,1-2H3. The fraction of sp³-hybridized carbons (Fsp3) is 0.222. The Morgan fingerprint density at radius 2 is 2.10 bits per heavy atom. The number of rotatable bonds is 5. The summed E-state index contributed by atoms with van der Waals surface area (Å²) in [5.74, 6) is 0.482. The van der Waals surface area contributed by atoms with Crippen LogP contribution < -0.4 is 4.74 Å². The van der Waals surface area contributed by atoms with Crippen LogP contribution in [0.5, 0.6) is 5.88 Å². The highest BCUT2D eigenvalue weighted by atomic mass is 19.3. The molecule has 152 valence electrons. The SMILES string of the molecule is COc1ncnn2ccc(-c3cnc4nc(C)n(Cc5nc(C(F)F)no5)c4c3)c12. The Hall–Kier alpha value is -3.96. The van der Waals surface area contributed by atoms with Gasteiger partial charge in [0.25, 0.3) is 0 Å². The van der Waals surface area contributed by atoms with E-state index >= 15 is 0 Å². The number of aryl methyl sites for hydroxylation is 1. The van der Waals surface area contributed by atoms with Gasteiger partial charge in [0.15, 0.2) is 5.65 Å². The maximum absolute atomic E-state index is 12.8. The molecule has 0 amide bonds. The van der Waals surface area contributed by atoms with Gasteiger partial charge in [-0.1, -0.05) is 5.16 Å². The minimum absolute atomic E-state index is 0.0579. The third kappa shape index (κ3) is 2.84. The predicted molar refractivity (Wildman–Crippen MR) is 99.2 cm³/mol. The van der Waals surface area contributed by atoms with Gasteiger partial charge in [0.1, 0.15) is 24.2 Å². The predicted octanol–water partition coefficient (Wildman–Crippen LogP) is 2.83. The molecule has 0 radical (unpaired) electrons. The molecule has 5 aromatic rings. The summed E-state index contributed by atoms with van der Waals surface area (Å²) >= 11 is 0. The summed E-state index contributed by atoms with van der Waals surface area (Å²) in [7, 11) is 1.54. The summed E-state index contributed by atoms with van der Waals surface area (Å²) in [6.07, 6.45) is 2.11. The minimum Gasteiger partial charge on any atom is -0.479 e. The molecule has 0 spiro atoms. The normalized spacial score (nSPS) is 11.8. The summed E-state index contributed by atoms with van der Waals surface area (Å²) in [6, 6.07) is 3.78. The maximum Gasteiger partial charge on any atom is 0.300 e. The highest BCUT2D eigenvalue weighted by Crippen LogP contribution is 2.31. The topological polar surface area (TPSA) is 109 Å². The van der Waals surface area contributed by atoms with Gasteiger partial charge in [-0.05, 0) is 19.1 Å². The number of hydrogen-bond donors (Lipinski definition) is 0. The van der Waals surface area contributed by atoms with Crippen LogP contribution in [0, 0.1) is 6.92 Å². The second-order valence-corrected chi connectivity index (χ2v) is 6.45. The second-order valence-electron chi connectivity index (χ2n) is 6.45. The van der Waals surface area contributed by atoms with E-state index < -0.39 is 12.2 Å². The number of ether oxygens (including phenoxy) is 1. The Labute approximate surface area is 167 Å². The van der Waals surface area contributed by atoms with Gasteiger partial charge >= 0.3 is 6.43 Å². The Morgan fingerprint density at radius 3 is 2.87 bits per heavy atom. The largest absolute Gasteiger partial charge is 0.479 e. The van der Waals surface area contributed by atoms with E-state index in [4.69, 9.17) is 9.26 Å². The Kier molecular flexibility index (Phi) is 4.12. The van der Waals surface area contributed by atoms with Crippen LogP contribution in [0.1, 0.15) is 24.0 Å². The van der Waals surface area contributed by atoms with Crippen LogP contribution in [0.4, 0.5) is 8.78 Å². The first-order chi connectivity index (χ1) is 14.5. The molecule has 0 N–H and O–H groups in total.